The predicted molar refractivity (Wildman–Crippen MR) is 93.2 cm³/mol. The van der Waals surface area contributed by atoms with Crippen molar-refractivity contribution < 1.29 is 23.8 Å². The molecule has 2 aromatic rings. The fourth-order valence-corrected chi connectivity index (χ4v) is 3.29. The van der Waals surface area contributed by atoms with Crippen LogP contribution >= 0.6 is 15.9 Å². The molecule has 0 aliphatic carbocycles. The van der Waals surface area contributed by atoms with Crippen molar-refractivity contribution in [3.8, 4) is 0 Å². The van der Waals surface area contributed by atoms with Gasteiger partial charge in [-0.3, -0.25) is 9.59 Å². The monoisotopic (exact) mass is 405 g/mol. The van der Waals surface area contributed by atoms with Crippen LogP contribution in [0.1, 0.15) is 22.2 Å². The van der Waals surface area contributed by atoms with Gasteiger partial charge in [-0.25, -0.2) is 0 Å². The largest absolute Gasteiger partial charge is 0.503 e. The molecular formula is C18H16BrNO5. The standard InChI is InChI=1S/C18H16BrNO5/c1-24-9-7-20-15(11-4-2-5-12(19)10-11)14(17(22)18(20)23)16(21)13-6-3-8-25-13/h2-6,8,10,15,22H,7,9H2,1H3/t15-/m0/s1. The summed E-state index contributed by atoms with van der Waals surface area (Å²) in [7, 11) is 1.52. The van der Waals surface area contributed by atoms with E-state index in [-0.39, 0.29) is 24.5 Å². The van der Waals surface area contributed by atoms with Crippen LogP contribution in [-0.4, -0.2) is 42.0 Å². The molecule has 3 rings (SSSR count). The Morgan fingerprint density at radius 1 is 1.36 bits per heavy atom. The van der Waals surface area contributed by atoms with Gasteiger partial charge in [0, 0.05) is 18.1 Å². The maximum atomic E-state index is 12.8. The number of rotatable bonds is 6. The van der Waals surface area contributed by atoms with Crippen LogP contribution in [0.2, 0.25) is 0 Å². The number of furan rings is 1. The first-order valence-electron chi connectivity index (χ1n) is 7.61. The minimum atomic E-state index is -0.710. The highest BCUT2D eigenvalue weighted by Gasteiger charge is 2.44. The first kappa shape index (κ1) is 17.4. The Kier molecular flexibility index (Phi) is 5.06. The van der Waals surface area contributed by atoms with Gasteiger partial charge in [0.15, 0.2) is 11.5 Å². The summed E-state index contributed by atoms with van der Waals surface area (Å²) < 4.78 is 11.0. The average Bonchev–Trinajstić information content (AvgIpc) is 3.21. The van der Waals surface area contributed by atoms with E-state index in [2.05, 4.69) is 15.9 Å². The third kappa shape index (κ3) is 3.25. The van der Waals surface area contributed by atoms with E-state index in [4.69, 9.17) is 9.15 Å². The average molecular weight is 406 g/mol. The van der Waals surface area contributed by atoms with Crippen molar-refractivity contribution in [3.63, 3.8) is 0 Å². The third-order valence-corrected chi connectivity index (χ3v) is 4.49. The number of carbonyl (C=O) groups is 2. The number of halogens is 1. The predicted octanol–water partition coefficient (Wildman–Crippen LogP) is 3.27. The maximum absolute atomic E-state index is 12.8. The summed E-state index contributed by atoms with van der Waals surface area (Å²) in [6.07, 6.45) is 1.37. The van der Waals surface area contributed by atoms with Crippen molar-refractivity contribution in [2.75, 3.05) is 20.3 Å². The lowest BCUT2D eigenvalue weighted by Crippen LogP contribution is -2.34. The summed E-state index contributed by atoms with van der Waals surface area (Å²) in [6, 6.07) is 9.64. The number of hydrogen-bond donors (Lipinski definition) is 1. The number of aliphatic hydroxyl groups excluding tert-OH is 1. The van der Waals surface area contributed by atoms with Crippen LogP contribution < -0.4 is 0 Å². The zero-order valence-electron chi connectivity index (χ0n) is 13.4. The molecule has 1 amide bonds. The molecule has 1 aliphatic rings. The van der Waals surface area contributed by atoms with Crippen LogP contribution in [0.3, 0.4) is 0 Å². The number of ether oxygens (including phenoxy) is 1. The maximum Gasteiger partial charge on any atom is 0.290 e. The van der Waals surface area contributed by atoms with Gasteiger partial charge in [0.1, 0.15) is 0 Å². The summed E-state index contributed by atoms with van der Waals surface area (Å²) in [5, 5.41) is 10.4. The molecule has 7 heteroatoms. The van der Waals surface area contributed by atoms with Crippen molar-refractivity contribution in [3.05, 3.63) is 69.8 Å². The van der Waals surface area contributed by atoms with Gasteiger partial charge < -0.3 is 19.2 Å². The molecule has 1 N–H and O–H groups in total. The SMILES string of the molecule is COCCN1C(=O)C(O)=C(C(=O)c2ccco2)[C@@H]1c1cccc(Br)c1. The van der Waals surface area contributed by atoms with Gasteiger partial charge in [0.05, 0.1) is 24.5 Å². The Morgan fingerprint density at radius 3 is 2.80 bits per heavy atom. The van der Waals surface area contributed by atoms with Crippen molar-refractivity contribution >= 4 is 27.6 Å². The van der Waals surface area contributed by atoms with Crippen molar-refractivity contribution in [2.24, 2.45) is 0 Å². The lowest BCUT2D eigenvalue weighted by Gasteiger charge is -2.26. The van der Waals surface area contributed by atoms with Crippen LogP contribution in [0.4, 0.5) is 0 Å². The molecule has 6 nitrogen and oxygen atoms in total. The van der Waals surface area contributed by atoms with Gasteiger partial charge in [-0.2, -0.15) is 0 Å². The van der Waals surface area contributed by atoms with Crippen LogP contribution in [0.15, 0.2) is 62.9 Å². The van der Waals surface area contributed by atoms with Gasteiger partial charge in [0.2, 0.25) is 5.78 Å². The topological polar surface area (TPSA) is 80.0 Å². The Balaban J connectivity index is 2.08. The molecule has 0 radical (unpaired) electrons. The van der Waals surface area contributed by atoms with E-state index in [1.165, 1.54) is 24.3 Å². The number of aliphatic hydroxyl groups is 1. The summed E-state index contributed by atoms with van der Waals surface area (Å²) in [6.45, 7) is 0.525. The first-order chi connectivity index (χ1) is 12.0. The minimum absolute atomic E-state index is 0.00848. The van der Waals surface area contributed by atoms with Gasteiger partial charge in [-0.15, -0.1) is 0 Å². The Hall–Kier alpha value is -2.38. The number of nitrogens with zero attached hydrogens (tertiary/aromatic N) is 1. The normalized spacial score (nSPS) is 17.4. The second-order valence-corrected chi connectivity index (χ2v) is 6.43. The first-order valence-corrected chi connectivity index (χ1v) is 8.40. The molecule has 0 saturated carbocycles. The molecule has 0 unspecified atom stereocenters. The molecule has 0 saturated heterocycles. The van der Waals surface area contributed by atoms with Gasteiger partial charge in [-0.05, 0) is 29.8 Å². The second-order valence-electron chi connectivity index (χ2n) is 5.52. The molecule has 0 fully saturated rings. The molecule has 1 aromatic heterocycles. The van der Waals surface area contributed by atoms with E-state index in [1.54, 1.807) is 12.1 Å². The number of amides is 1. The van der Waals surface area contributed by atoms with E-state index in [9.17, 15) is 14.7 Å². The minimum Gasteiger partial charge on any atom is -0.503 e. The molecule has 2 heterocycles. The highest BCUT2D eigenvalue weighted by atomic mass is 79.9. The Bertz CT molecular complexity index is 828. The number of Topliss-reactive ketones (excluding diaryl/α,β-unsaturated/α-hetero) is 1. The zero-order chi connectivity index (χ0) is 18.0. The van der Waals surface area contributed by atoms with Crippen LogP contribution in [0, 0.1) is 0 Å². The molecular weight excluding hydrogens is 390 g/mol. The highest BCUT2D eigenvalue weighted by molar-refractivity contribution is 9.10. The molecule has 25 heavy (non-hydrogen) atoms. The number of benzene rings is 1. The second kappa shape index (κ2) is 7.25. The fourth-order valence-electron chi connectivity index (χ4n) is 2.87. The number of carbonyl (C=O) groups excluding carboxylic acids is 2. The summed E-state index contributed by atoms with van der Waals surface area (Å²) in [5.41, 5.74) is 0.715. The fraction of sp³-hybridized carbons (Fsp3) is 0.222. The van der Waals surface area contributed by atoms with Gasteiger partial charge in [-0.1, -0.05) is 28.1 Å². The molecule has 1 aromatic carbocycles. The quantitative estimate of drug-likeness (QED) is 0.745. The lowest BCUT2D eigenvalue weighted by atomic mass is 9.95. The van der Waals surface area contributed by atoms with Crippen LogP contribution in [0.25, 0.3) is 0 Å². The Morgan fingerprint density at radius 2 is 2.16 bits per heavy atom. The molecule has 1 aliphatic heterocycles. The lowest BCUT2D eigenvalue weighted by molar-refractivity contribution is -0.130. The highest BCUT2D eigenvalue weighted by Crippen LogP contribution is 2.39. The summed E-state index contributed by atoms with van der Waals surface area (Å²) >= 11 is 3.40. The van der Waals surface area contributed by atoms with E-state index in [0.29, 0.717) is 5.56 Å². The van der Waals surface area contributed by atoms with E-state index >= 15 is 0 Å². The molecule has 1 atom stereocenters. The Labute approximate surface area is 152 Å². The van der Waals surface area contributed by atoms with Crippen molar-refractivity contribution in [1.82, 2.24) is 4.90 Å². The van der Waals surface area contributed by atoms with E-state index in [1.807, 2.05) is 18.2 Å². The number of hydrogen-bond acceptors (Lipinski definition) is 5. The molecule has 0 spiro atoms. The summed E-state index contributed by atoms with van der Waals surface area (Å²) in [5.74, 6) is -1.59. The van der Waals surface area contributed by atoms with Crippen LogP contribution in [-0.2, 0) is 9.53 Å². The molecule has 0 bridgehead atoms. The zero-order valence-corrected chi connectivity index (χ0v) is 15.0. The van der Waals surface area contributed by atoms with Crippen molar-refractivity contribution in [2.45, 2.75) is 6.04 Å². The number of ketones is 1. The smallest absolute Gasteiger partial charge is 0.290 e. The van der Waals surface area contributed by atoms with Crippen LogP contribution in [0.5, 0.6) is 0 Å². The van der Waals surface area contributed by atoms with Gasteiger partial charge >= 0.3 is 0 Å². The van der Waals surface area contributed by atoms with E-state index in [0.717, 1.165) is 4.47 Å². The van der Waals surface area contributed by atoms with Crippen molar-refractivity contribution in [1.29, 1.82) is 0 Å². The molecule has 130 valence electrons. The van der Waals surface area contributed by atoms with Gasteiger partial charge in [0.25, 0.3) is 5.91 Å². The van der Waals surface area contributed by atoms with E-state index < -0.39 is 23.5 Å². The number of methoxy groups -OCH3 is 1. The summed E-state index contributed by atoms with van der Waals surface area (Å²) in [4.78, 5) is 26.8. The third-order valence-electron chi connectivity index (χ3n) is 3.99.